The Balaban J connectivity index is 1.97. The van der Waals surface area contributed by atoms with Crippen LogP contribution in [-0.2, 0) is 6.54 Å². The first-order valence-electron chi connectivity index (χ1n) is 6.81. The van der Waals surface area contributed by atoms with Crippen molar-refractivity contribution in [2.75, 3.05) is 26.9 Å². The van der Waals surface area contributed by atoms with E-state index in [1.54, 1.807) is 0 Å². The summed E-state index contributed by atoms with van der Waals surface area (Å²) in [5.41, 5.74) is 0.503. The first kappa shape index (κ1) is 14.3. The normalized spacial score (nSPS) is 15.6. The van der Waals surface area contributed by atoms with Crippen molar-refractivity contribution < 1.29 is 4.74 Å². The molecule has 7 nitrogen and oxygen atoms in total. The lowest BCUT2D eigenvalue weighted by atomic mass is 10.1. The Hall–Kier alpha value is -2.07. The molecule has 108 valence electrons. The molecular weight excluding hydrogens is 258 g/mol. The number of hydrogen-bond acceptors (Lipinski definition) is 5. The van der Waals surface area contributed by atoms with Crippen molar-refractivity contribution in [1.29, 1.82) is 5.39 Å². The van der Waals surface area contributed by atoms with E-state index >= 15 is 0 Å². The summed E-state index contributed by atoms with van der Waals surface area (Å²) in [6.45, 7) is 2.95. The average molecular weight is 278 g/mol. The summed E-state index contributed by atoms with van der Waals surface area (Å²) in [5.74, 6) is 0.275. The van der Waals surface area contributed by atoms with Crippen LogP contribution in [0.4, 0.5) is 0 Å². The number of likely N-dealkylation sites (tertiary alicyclic amines) is 1. The van der Waals surface area contributed by atoms with Gasteiger partial charge in [0.1, 0.15) is 13.2 Å². The van der Waals surface area contributed by atoms with Crippen LogP contribution in [0.2, 0.25) is 0 Å². The molecule has 2 rings (SSSR count). The third-order valence-corrected chi connectivity index (χ3v) is 3.45. The quantitative estimate of drug-likeness (QED) is 0.650. The summed E-state index contributed by atoms with van der Waals surface area (Å²) in [5, 5.41) is 13.9. The maximum Gasteiger partial charge on any atom is 0.307 e. The molecule has 1 aromatic rings. The molecule has 0 radical (unpaired) electrons. The van der Waals surface area contributed by atoms with Gasteiger partial charge in [0.25, 0.3) is 5.39 Å². The van der Waals surface area contributed by atoms with E-state index < -0.39 is 0 Å². The van der Waals surface area contributed by atoms with E-state index in [2.05, 4.69) is 15.0 Å². The molecule has 0 aliphatic carbocycles. The molecule has 0 amide bonds. The van der Waals surface area contributed by atoms with Gasteiger partial charge in [0.05, 0.1) is 7.11 Å². The van der Waals surface area contributed by atoms with Gasteiger partial charge in [-0.15, -0.1) is 0 Å². The number of nitrogens with one attached hydrogen (secondary N) is 1. The monoisotopic (exact) mass is 278 g/mol. The lowest BCUT2D eigenvalue weighted by Gasteiger charge is -2.25. The highest BCUT2D eigenvalue weighted by Gasteiger charge is 2.21. The Labute approximate surface area is 117 Å². The summed E-state index contributed by atoms with van der Waals surface area (Å²) in [6, 6.07) is 1.47. The van der Waals surface area contributed by atoms with Crippen molar-refractivity contribution in [3.05, 3.63) is 33.3 Å². The van der Waals surface area contributed by atoms with E-state index in [4.69, 9.17) is 10.1 Å². The molecule has 20 heavy (non-hydrogen) atoms. The van der Waals surface area contributed by atoms with Crippen molar-refractivity contribution in [2.45, 2.75) is 25.8 Å². The van der Waals surface area contributed by atoms with Crippen LogP contribution in [0.5, 0.6) is 5.75 Å². The summed E-state index contributed by atoms with van der Waals surface area (Å²) in [6.07, 6.45) is 5.14. The number of diazo groups is 1. The van der Waals surface area contributed by atoms with Gasteiger partial charge in [-0.05, 0) is 17.9 Å². The Morgan fingerprint density at radius 1 is 1.45 bits per heavy atom. The molecule has 1 aliphatic rings. The molecule has 2 heterocycles. The van der Waals surface area contributed by atoms with Gasteiger partial charge in [-0.1, -0.05) is 6.42 Å². The molecule has 1 aromatic heterocycles. The zero-order valence-electron chi connectivity index (χ0n) is 11.7. The van der Waals surface area contributed by atoms with Crippen LogP contribution in [0, 0.1) is 5.39 Å². The van der Waals surface area contributed by atoms with Crippen LogP contribution in [0.15, 0.2) is 17.1 Å². The van der Waals surface area contributed by atoms with Gasteiger partial charge in [0, 0.05) is 31.0 Å². The Morgan fingerprint density at radius 2 is 2.20 bits per heavy atom. The van der Waals surface area contributed by atoms with Crippen molar-refractivity contribution in [2.24, 2.45) is 0 Å². The zero-order valence-corrected chi connectivity index (χ0v) is 11.7. The van der Waals surface area contributed by atoms with E-state index in [0.29, 0.717) is 18.9 Å². The standard InChI is InChI=1S/C13H19N5O2/c1-20-13-8-15-11(7-12(13)19)9-18(16-14)10-17-5-3-2-4-6-17/h7-8H,2-6,9-10H2,1H3/p+1. The number of aromatic nitrogens is 1. The van der Waals surface area contributed by atoms with Gasteiger partial charge >= 0.3 is 5.08 Å². The molecule has 1 saturated heterocycles. The third kappa shape index (κ3) is 3.71. The Morgan fingerprint density at radius 3 is 2.80 bits per heavy atom. The smallest absolute Gasteiger partial charge is 0.307 e. The lowest BCUT2D eigenvalue weighted by molar-refractivity contribution is 0.137. The number of piperidine rings is 1. The number of H-pyrrole nitrogens is 1. The van der Waals surface area contributed by atoms with Crippen LogP contribution in [0.25, 0.3) is 5.08 Å². The molecule has 0 atom stereocenters. The minimum Gasteiger partial charge on any atom is -0.491 e. The minimum atomic E-state index is -0.183. The average Bonchev–Trinajstić information content (AvgIpc) is 2.48. The predicted molar refractivity (Wildman–Crippen MR) is 74.5 cm³/mol. The van der Waals surface area contributed by atoms with E-state index in [-0.39, 0.29) is 11.2 Å². The molecule has 0 spiro atoms. The number of ether oxygens (including phenoxy) is 1. The zero-order chi connectivity index (χ0) is 14.4. The molecule has 7 heteroatoms. The van der Waals surface area contributed by atoms with E-state index in [9.17, 15) is 4.79 Å². The molecule has 0 bridgehead atoms. The number of rotatable bonds is 5. The maximum absolute atomic E-state index is 11.7. The van der Waals surface area contributed by atoms with Crippen LogP contribution >= 0.6 is 0 Å². The first-order valence-corrected chi connectivity index (χ1v) is 6.81. The highest BCUT2D eigenvalue weighted by atomic mass is 16.5. The number of aromatic amines is 1. The first-order chi connectivity index (χ1) is 9.72. The molecule has 1 aliphatic heterocycles. The topological polar surface area (TPSA) is 76.7 Å². The summed E-state index contributed by atoms with van der Waals surface area (Å²) in [4.78, 5) is 16.9. The van der Waals surface area contributed by atoms with Gasteiger partial charge in [0.2, 0.25) is 5.43 Å². The second-order valence-electron chi connectivity index (χ2n) is 4.96. The van der Waals surface area contributed by atoms with Crippen molar-refractivity contribution in [3.8, 4) is 5.75 Å². The molecule has 0 saturated carbocycles. The van der Waals surface area contributed by atoms with Gasteiger partial charge in [-0.3, -0.25) is 9.69 Å². The van der Waals surface area contributed by atoms with Gasteiger partial charge in [0.15, 0.2) is 5.75 Å². The third-order valence-electron chi connectivity index (χ3n) is 3.45. The van der Waals surface area contributed by atoms with Gasteiger partial charge in [-0.25, -0.2) is 0 Å². The SMILES string of the molecule is COc1c[nH]c(CN(CN2CCCCC2)[N+]#N)cc1=O. The van der Waals surface area contributed by atoms with Gasteiger partial charge < -0.3 is 9.72 Å². The fraction of sp³-hybridized carbons (Fsp3) is 0.615. The van der Waals surface area contributed by atoms with E-state index in [0.717, 1.165) is 13.1 Å². The molecule has 0 aromatic carbocycles. The van der Waals surface area contributed by atoms with Crippen LogP contribution in [0.1, 0.15) is 25.0 Å². The Kier molecular flexibility index (Phi) is 4.96. The highest BCUT2D eigenvalue weighted by molar-refractivity contribution is 5.20. The number of methoxy groups -OCH3 is 1. The fourth-order valence-electron chi connectivity index (χ4n) is 2.39. The van der Waals surface area contributed by atoms with Crippen LogP contribution in [0.3, 0.4) is 0 Å². The largest absolute Gasteiger partial charge is 0.491 e. The summed E-state index contributed by atoms with van der Waals surface area (Å²) >= 11 is 0. The maximum atomic E-state index is 11.7. The minimum absolute atomic E-state index is 0.183. The summed E-state index contributed by atoms with van der Waals surface area (Å²) < 4.78 is 4.91. The van der Waals surface area contributed by atoms with Crippen LogP contribution < -0.4 is 10.2 Å². The van der Waals surface area contributed by atoms with E-state index in [1.165, 1.54) is 43.6 Å². The second-order valence-corrected chi connectivity index (χ2v) is 4.96. The van der Waals surface area contributed by atoms with Crippen LogP contribution in [-0.4, -0.2) is 41.8 Å². The molecule has 1 N–H and O–H groups in total. The number of nitrogens with zero attached hydrogens (tertiary/aromatic N) is 4. The predicted octanol–water partition coefficient (Wildman–Crippen LogP) is 1.40. The second kappa shape index (κ2) is 6.91. The lowest BCUT2D eigenvalue weighted by Crippen LogP contribution is -2.37. The van der Waals surface area contributed by atoms with Crippen molar-refractivity contribution in [1.82, 2.24) is 14.9 Å². The molecule has 1 fully saturated rings. The molecular formula is C13H20N5O2+. The molecule has 0 unspecified atom stereocenters. The van der Waals surface area contributed by atoms with Crippen molar-refractivity contribution >= 4 is 0 Å². The Bertz CT molecular complexity index is 530. The van der Waals surface area contributed by atoms with Gasteiger partial charge in [-0.2, -0.15) is 0 Å². The number of pyridine rings is 1. The summed E-state index contributed by atoms with van der Waals surface area (Å²) in [7, 11) is 1.45. The highest BCUT2D eigenvalue weighted by Crippen LogP contribution is 2.11. The van der Waals surface area contributed by atoms with Crippen molar-refractivity contribution in [3.63, 3.8) is 0 Å². The fourth-order valence-corrected chi connectivity index (χ4v) is 2.39. The number of hydrogen-bond donors (Lipinski definition) is 1. The van der Waals surface area contributed by atoms with E-state index in [1.807, 2.05) is 0 Å².